The van der Waals surface area contributed by atoms with Gasteiger partial charge in [-0.2, -0.15) is 0 Å². The van der Waals surface area contributed by atoms with Crippen LogP contribution in [-0.2, 0) is 6.42 Å². The molecule has 28 heavy (non-hydrogen) atoms. The monoisotopic (exact) mass is 369 g/mol. The Morgan fingerprint density at radius 2 is 1.64 bits per heavy atom. The highest BCUT2D eigenvalue weighted by Gasteiger charge is 2.26. The molecule has 0 saturated carbocycles. The van der Waals surface area contributed by atoms with Gasteiger partial charge in [0.15, 0.2) is 0 Å². The maximum atomic E-state index is 5.43. The van der Waals surface area contributed by atoms with E-state index in [2.05, 4.69) is 53.1 Å². The molecule has 0 N–H and O–H groups in total. The summed E-state index contributed by atoms with van der Waals surface area (Å²) in [6.45, 7) is 0.923. The SMILES string of the molecule is COc1ccc(C#CC2c3ccccc3CCN2c2cccc(OC)c2)cc1. The second-order valence-corrected chi connectivity index (χ2v) is 6.74. The van der Waals surface area contributed by atoms with Gasteiger partial charge in [-0.15, -0.1) is 0 Å². The smallest absolute Gasteiger partial charge is 0.120 e. The summed E-state index contributed by atoms with van der Waals surface area (Å²) in [5, 5.41) is 0. The summed E-state index contributed by atoms with van der Waals surface area (Å²) in [6, 6.07) is 24.7. The van der Waals surface area contributed by atoms with Crippen molar-refractivity contribution < 1.29 is 9.47 Å². The third kappa shape index (κ3) is 3.68. The molecule has 3 nitrogen and oxygen atoms in total. The molecule has 0 spiro atoms. The fourth-order valence-electron chi connectivity index (χ4n) is 3.62. The third-order valence-corrected chi connectivity index (χ3v) is 5.11. The molecule has 1 unspecified atom stereocenters. The first-order chi connectivity index (χ1) is 13.8. The maximum Gasteiger partial charge on any atom is 0.120 e. The van der Waals surface area contributed by atoms with E-state index in [-0.39, 0.29) is 6.04 Å². The van der Waals surface area contributed by atoms with Crippen LogP contribution in [0.4, 0.5) is 5.69 Å². The van der Waals surface area contributed by atoms with Crippen LogP contribution in [0.3, 0.4) is 0 Å². The molecule has 0 radical (unpaired) electrons. The number of rotatable bonds is 3. The lowest BCUT2D eigenvalue weighted by Gasteiger charge is -2.36. The summed E-state index contributed by atoms with van der Waals surface area (Å²) in [5.41, 5.74) is 4.76. The van der Waals surface area contributed by atoms with Gasteiger partial charge < -0.3 is 14.4 Å². The van der Waals surface area contributed by atoms with Crippen LogP contribution in [0.15, 0.2) is 72.8 Å². The van der Waals surface area contributed by atoms with Gasteiger partial charge in [-0.1, -0.05) is 42.2 Å². The topological polar surface area (TPSA) is 21.7 Å². The summed E-state index contributed by atoms with van der Waals surface area (Å²) in [4.78, 5) is 2.36. The van der Waals surface area contributed by atoms with Gasteiger partial charge in [0.25, 0.3) is 0 Å². The number of fused-ring (bicyclic) bond motifs is 1. The van der Waals surface area contributed by atoms with Crippen LogP contribution in [0.5, 0.6) is 11.5 Å². The molecule has 1 aliphatic rings. The molecule has 1 atom stereocenters. The molecule has 0 aliphatic carbocycles. The first-order valence-electron chi connectivity index (χ1n) is 9.42. The van der Waals surface area contributed by atoms with E-state index in [4.69, 9.17) is 9.47 Å². The summed E-state index contributed by atoms with van der Waals surface area (Å²) in [6.07, 6.45) is 1.01. The number of anilines is 1. The van der Waals surface area contributed by atoms with Crippen molar-refractivity contribution in [3.8, 4) is 23.3 Å². The average Bonchev–Trinajstić information content (AvgIpc) is 2.77. The van der Waals surface area contributed by atoms with E-state index in [1.165, 1.54) is 11.1 Å². The predicted octanol–water partition coefficient (Wildman–Crippen LogP) is 4.86. The molecule has 0 aromatic heterocycles. The van der Waals surface area contributed by atoms with Crippen molar-refractivity contribution >= 4 is 5.69 Å². The van der Waals surface area contributed by atoms with Gasteiger partial charge in [0.05, 0.1) is 14.2 Å². The maximum absolute atomic E-state index is 5.43. The Morgan fingerprint density at radius 1 is 0.857 bits per heavy atom. The van der Waals surface area contributed by atoms with Crippen LogP contribution in [0.2, 0.25) is 0 Å². The molecule has 0 fully saturated rings. The van der Waals surface area contributed by atoms with Crippen LogP contribution >= 0.6 is 0 Å². The molecular weight excluding hydrogens is 346 g/mol. The molecular formula is C25H23NO2. The van der Waals surface area contributed by atoms with E-state index in [1.54, 1.807) is 14.2 Å². The van der Waals surface area contributed by atoms with Gasteiger partial charge in [-0.25, -0.2) is 0 Å². The average molecular weight is 369 g/mol. The summed E-state index contributed by atoms with van der Waals surface area (Å²) >= 11 is 0. The largest absolute Gasteiger partial charge is 0.497 e. The van der Waals surface area contributed by atoms with Gasteiger partial charge in [0.1, 0.15) is 17.5 Å². The number of methoxy groups -OCH3 is 2. The predicted molar refractivity (Wildman–Crippen MR) is 113 cm³/mol. The van der Waals surface area contributed by atoms with E-state index < -0.39 is 0 Å². The molecule has 3 aromatic rings. The van der Waals surface area contributed by atoms with Crippen molar-refractivity contribution in [2.24, 2.45) is 0 Å². The van der Waals surface area contributed by atoms with E-state index >= 15 is 0 Å². The zero-order valence-electron chi connectivity index (χ0n) is 16.2. The molecule has 3 heteroatoms. The van der Waals surface area contributed by atoms with E-state index in [1.807, 2.05) is 36.4 Å². The van der Waals surface area contributed by atoms with E-state index in [9.17, 15) is 0 Å². The lowest BCUT2D eigenvalue weighted by atomic mass is 9.92. The van der Waals surface area contributed by atoms with E-state index in [0.29, 0.717) is 0 Å². The quantitative estimate of drug-likeness (QED) is 0.616. The Bertz CT molecular complexity index is 1010. The van der Waals surface area contributed by atoms with Crippen molar-refractivity contribution in [3.05, 3.63) is 89.5 Å². The highest BCUT2D eigenvalue weighted by atomic mass is 16.5. The first kappa shape index (κ1) is 18.0. The van der Waals surface area contributed by atoms with Crippen molar-refractivity contribution in [1.82, 2.24) is 0 Å². The minimum Gasteiger partial charge on any atom is -0.497 e. The fraction of sp³-hybridized carbons (Fsp3) is 0.200. The van der Waals surface area contributed by atoms with Gasteiger partial charge in [-0.3, -0.25) is 0 Å². The zero-order valence-corrected chi connectivity index (χ0v) is 16.2. The third-order valence-electron chi connectivity index (χ3n) is 5.11. The van der Waals surface area contributed by atoms with Crippen LogP contribution < -0.4 is 14.4 Å². The van der Waals surface area contributed by atoms with Crippen molar-refractivity contribution in [1.29, 1.82) is 0 Å². The van der Waals surface area contributed by atoms with Gasteiger partial charge in [0.2, 0.25) is 0 Å². The molecule has 0 amide bonds. The van der Waals surface area contributed by atoms with Crippen LogP contribution in [0, 0.1) is 11.8 Å². The molecule has 140 valence electrons. The summed E-state index contributed by atoms with van der Waals surface area (Å²) in [5.74, 6) is 8.57. The molecule has 4 rings (SSSR count). The Kier molecular flexibility index (Phi) is 5.21. The van der Waals surface area contributed by atoms with Gasteiger partial charge >= 0.3 is 0 Å². The minimum atomic E-state index is -0.000780. The zero-order chi connectivity index (χ0) is 19.3. The Balaban J connectivity index is 1.73. The standard InChI is InChI=1S/C25H23NO2/c1-27-22-13-10-19(11-14-22)12-15-25-24-9-4-3-6-20(24)16-17-26(25)21-7-5-8-23(18-21)28-2/h3-11,13-14,18,25H,16-17H2,1-2H3. The Labute approximate surface area is 166 Å². The van der Waals surface area contributed by atoms with Gasteiger partial charge in [-0.05, 0) is 53.9 Å². The minimum absolute atomic E-state index is 0.000780. The lowest BCUT2D eigenvalue weighted by molar-refractivity contribution is 0.414. The highest BCUT2D eigenvalue weighted by molar-refractivity contribution is 5.58. The van der Waals surface area contributed by atoms with Crippen molar-refractivity contribution in [3.63, 3.8) is 0 Å². The number of hydrogen-bond acceptors (Lipinski definition) is 3. The number of nitrogens with zero attached hydrogens (tertiary/aromatic N) is 1. The van der Waals surface area contributed by atoms with Crippen molar-refractivity contribution in [2.75, 3.05) is 25.7 Å². The Morgan fingerprint density at radius 3 is 2.43 bits per heavy atom. The molecule has 1 heterocycles. The normalized spacial score (nSPS) is 15.2. The second kappa shape index (κ2) is 8.10. The number of hydrogen-bond donors (Lipinski definition) is 0. The molecule has 0 bridgehead atoms. The Hall–Kier alpha value is -3.38. The van der Waals surface area contributed by atoms with Crippen molar-refractivity contribution in [2.45, 2.75) is 12.5 Å². The lowest BCUT2D eigenvalue weighted by Crippen LogP contribution is -2.34. The number of benzene rings is 3. The number of ether oxygens (including phenoxy) is 2. The van der Waals surface area contributed by atoms with Crippen LogP contribution in [0.1, 0.15) is 22.7 Å². The molecule has 3 aromatic carbocycles. The first-order valence-corrected chi connectivity index (χ1v) is 9.42. The van der Waals surface area contributed by atoms with E-state index in [0.717, 1.165) is 35.7 Å². The second-order valence-electron chi connectivity index (χ2n) is 6.74. The van der Waals surface area contributed by atoms with Gasteiger partial charge in [0, 0.05) is 23.9 Å². The molecule has 1 aliphatic heterocycles. The fourth-order valence-corrected chi connectivity index (χ4v) is 3.62. The van der Waals surface area contributed by atoms with Crippen LogP contribution in [-0.4, -0.2) is 20.8 Å². The summed E-state index contributed by atoms with van der Waals surface area (Å²) < 4.78 is 10.7. The molecule has 0 saturated heterocycles. The summed E-state index contributed by atoms with van der Waals surface area (Å²) in [7, 11) is 3.37. The van der Waals surface area contributed by atoms with Crippen LogP contribution in [0.25, 0.3) is 0 Å². The highest BCUT2D eigenvalue weighted by Crippen LogP contribution is 2.34.